The van der Waals surface area contributed by atoms with E-state index in [0.717, 1.165) is 0 Å². The molecule has 0 unspecified atom stereocenters. The topological polar surface area (TPSA) is 108 Å². The van der Waals surface area contributed by atoms with Crippen LogP contribution in [0.1, 0.15) is 52.7 Å². The average molecular weight is 380 g/mol. The van der Waals surface area contributed by atoms with Crippen molar-refractivity contribution >= 4 is 17.7 Å². The molecule has 8 nitrogen and oxygen atoms in total. The highest BCUT2D eigenvalue weighted by atomic mass is 16.6. The zero-order valence-corrected chi connectivity index (χ0v) is 16.9. The molecule has 150 valence electrons. The smallest absolute Gasteiger partial charge is 0.408 e. The minimum atomic E-state index is -0.986. The van der Waals surface area contributed by atoms with Crippen LogP contribution in [-0.4, -0.2) is 34.2 Å². The number of esters is 1. The molecule has 0 aliphatic heterocycles. The van der Waals surface area contributed by atoms with E-state index in [4.69, 9.17) is 9.47 Å². The Morgan fingerprint density at radius 1 is 1.11 bits per heavy atom. The molecule has 1 N–H and O–H groups in total. The molecule has 0 fully saturated rings. The monoisotopic (exact) mass is 380 g/mol. The fourth-order valence-corrected chi connectivity index (χ4v) is 2.30. The molecule has 1 atom stereocenters. The van der Waals surface area contributed by atoms with Crippen LogP contribution < -0.4 is 5.32 Å². The number of nitro groups is 1. The zero-order valence-electron chi connectivity index (χ0n) is 16.9. The van der Waals surface area contributed by atoms with E-state index >= 15 is 0 Å². The number of carbonyl (C=O) groups is 2. The van der Waals surface area contributed by atoms with Crippen LogP contribution in [0.15, 0.2) is 18.2 Å². The first-order valence-electron chi connectivity index (χ1n) is 8.64. The van der Waals surface area contributed by atoms with E-state index in [1.807, 2.05) is 0 Å². The van der Waals surface area contributed by atoms with Crippen molar-refractivity contribution in [1.82, 2.24) is 5.32 Å². The highest BCUT2D eigenvalue weighted by Gasteiger charge is 2.29. The molecule has 27 heavy (non-hydrogen) atoms. The van der Waals surface area contributed by atoms with Crippen LogP contribution >= 0.6 is 0 Å². The van der Waals surface area contributed by atoms with Gasteiger partial charge in [-0.15, -0.1) is 0 Å². The Morgan fingerprint density at radius 3 is 2.11 bits per heavy atom. The summed E-state index contributed by atoms with van der Waals surface area (Å²) < 4.78 is 10.6. The number of rotatable bonds is 5. The second kappa shape index (κ2) is 8.37. The maximum absolute atomic E-state index is 12.5. The number of hydrogen-bond acceptors (Lipinski definition) is 6. The molecule has 0 bridgehead atoms. The molecule has 1 aromatic carbocycles. The Kier molecular flexibility index (Phi) is 6.94. The number of ether oxygens (including phenoxy) is 2. The van der Waals surface area contributed by atoms with E-state index in [0.29, 0.717) is 11.1 Å². The van der Waals surface area contributed by atoms with E-state index in [2.05, 4.69) is 5.32 Å². The Bertz CT molecular complexity index is 716. The van der Waals surface area contributed by atoms with Gasteiger partial charge >= 0.3 is 12.1 Å². The van der Waals surface area contributed by atoms with E-state index in [9.17, 15) is 19.7 Å². The number of amides is 1. The lowest BCUT2D eigenvalue weighted by molar-refractivity contribution is -0.385. The summed E-state index contributed by atoms with van der Waals surface area (Å²) in [4.78, 5) is 35.1. The van der Waals surface area contributed by atoms with Crippen LogP contribution in [0.3, 0.4) is 0 Å². The summed E-state index contributed by atoms with van der Waals surface area (Å²) >= 11 is 0. The van der Waals surface area contributed by atoms with Gasteiger partial charge < -0.3 is 14.8 Å². The van der Waals surface area contributed by atoms with Crippen LogP contribution in [0, 0.1) is 17.0 Å². The number of nitro benzene ring substituents is 1. The average Bonchev–Trinajstić information content (AvgIpc) is 2.42. The molecule has 1 aromatic rings. The number of hydrogen-bond donors (Lipinski definition) is 1. The summed E-state index contributed by atoms with van der Waals surface area (Å²) in [7, 11) is 0. The Balaban J connectivity index is 3.03. The van der Waals surface area contributed by atoms with Gasteiger partial charge in [0.1, 0.15) is 17.2 Å². The van der Waals surface area contributed by atoms with Crippen molar-refractivity contribution in [3.63, 3.8) is 0 Å². The Hall–Kier alpha value is -2.64. The first-order chi connectivity index (χ1) is 12.2. The molecular formula is C19H28N2O6. The van der Waals surface area contributed by atoms with Crippen LogP contribution in [0.4, 0.5) is 10.5 Å². The summed E-state index contributed by atoms with van der Waals surface area (Å²) in [5.74, 6) is -0.607. The lowest BCUT2D eigenvalue weighted by Crippen LogP contribution is -2.47. The third kappa shape index (κ3) is 8.06. The highest BCUT2D eigenvalue weighted by molar-refractivity contribution is 5.82. The second-order valence-corrected chi connectivity index (χ2v) is 8.31. The van der Waals surface area contributed by atoms with Crippen molar-refractivity contribution in [2.45, 2.75) is 72.1 Å². The van der Waals surface area contributed by atoms with Gasteiger partial charge in [-0.1, -0.05) is 6.07 Å². The van der Waals surface area contributed by atoms with E-state index < -0.39 is 34.2 Å². The highest BCUT2D eigenvalue weighted by Crippen LogP contribution is 2.20. The Labute approximate surface area is 159 Å². The number of alkyl carbamates (subject to hydrolysis) is 1. The van der Waals surface area contributed by atoms with Crippen molar-refractivity contribution in [3.05, 3.63) is 39.4 Å². The van der Waals surface area contributed by atoms with Crippen LogP contribution in [0.5, 0.6) is 0 Å². The SMILES string of the molecule is Cc1cc(C[C@H](NC(=O)OC(C)(C)C)C(=O)OC(C)(C)C)ccc1[N+](=O)[O-]. The molecule has 0 aromatic heterocycles. The number of nitrogens with zero attached hydrogens (tertiary/aromatic N) is 1. The molecule has 1 amide bonds. The standard InChI is InChI=1S/C19H28N2O6/c1-12-10-13(8-9-15(12)21(24)25)11-14(16(22)26-18(2,3)4)20-17(23)27-19(5,6)7/h8-10,14H,11H2,1-7H3,(H,20,23)/t14-/m0/s1. The maximum atomic E-state index is 12.5. The number of aryl methyl sites for hydroxylation is 1. The third-order valence-corrected chi connectivity index (χ3v) is 3.28. The molecule has 0 heterocycles. The van der Waals surface area contributed by atoms with Crippen molar-refractivity contribution in [3.8, 4) is 0 Å². The predicted octanol–water partition coefficient (Wildman–Crippen LogP) is 3.68. The van der Waals surface area contributed by atoms with Gasteiger partial charge in [0.2, 0.25) is 0 Å². The van der Waals surface area contributed by atoms with Gasteiger partial charge in [0.15, 0.2) is 0 Å². The quantitative estimate of drug-likeness (QED) is 0.474. The first-order valence-corrected chi connectivity index (χ1v) is 8.64. The normalized spacial score (nSPS) is 12.9. The number of nitrogens with one attached hydrogen (secondary N) is 1. The fraction of sp³-hybridized carbons (Fsp3) is 0.579. The molecule has 8 heteroatoms. The van der Waals surface area contributed by atoms with Crippen LogP contribution in [0.25, 0.3) is 0 Å². The van der Waals surface area contributed by atoms with Crippen LogP contribution in [-0.2, 0) is 20.7 Å². The third-order valence-electron chi connectivity index (χ3n) is 3.28. The van der Waals surface area contributed by atoms with Crippen LogP contribution in [0.2, 0.25) is 0 Å². The maximum Gasteiger partial charge on any atom is 0.408 e. The summed E-state index contributed by atoms with van der Waals surface area (Å²) in [5, 5.41) is 13.5. The van der Waals surface area contributed by atoms with Gasteiger partial charge in [0, 0.05) is 18.1 Å². The Morgan fingerprint density at radius 2 is 1.67 bits per heavy atom. The van der Waals surface area contributed by atoms with E-state index in [1.165, 1.54) is 6.07 Å². The van der Waals surface area contributed by atoms with E-state index in [1.54, 1.807) is 60.6 Å². The molecule has 0 saturated carbocycles. The molecule has 0 aliphatic rings. The van der Waals surface area contributed by atoms with Crippen molar-refractivity contribution in [1.29, 1.82) is 0 Å². The lowest BCUT2D eigenvalue weighted by Gasteiger charge is -2.26. The number of benzene rings is 1. The summed E-state index contributed by atoms with van der Waals surface area (Å²) in [6, 6.07) is 3.57. The van der Waals surface area contributed by atoms with Gasteiger partial charge in [0.05, 0.1) is 4.92 Å². The zero-order chi connectivity index (χ0) is 21.0. The van der Waals surface area contributed by atoms with Gasteiger partial charge in [-0.2, -0.15) is 0 Å². The molecule has 0 radical (unpaired) electrons. The molecule has 0 spiro atoms. The van der Waals surface area contributed by atoms with Gasteiger partial charge in [0.25, 0.3) is 5.69 Å². The fourth-order valence-electron chi connectivity index (χ4n) is 2.30. The molecule has 0 saturated heterocycles. The summed E-state index contributed by atoms with van der Waals surface area (Å²) in [6.45, 7) is 12.0. The summed E-state index contributed by atoms with van der Waals surface area (Å²) in [6.07, 6.45) is -0.621. The van der Waals surface area contributed by atoms with Crippen molar-refractivity contribution < 1.29 is 24.0 Å². The van der Waals surface area contributed by atoms with Crippen molar-refractivity contribution in [2.24, 2.45) is 0 Å². The van der Waals surface area contributed by atoms with E-state index in [-0.39, 0.29) is 12.1 Å². The van der Waals surface area contributed by atoms with Crippen molar-refractivity contribution in [2.75, 3.05) is 0 Å². The first kappa shape index (κ1) is 22.4. The minimum absolute atomic E-state index is 0.00679. The molecular weight excluding hydrogens is 352 g/mol. The second-order valence-electron chi connectivity index (χ2n) is 8.31. The molecule has 0 aliphatic carbocycles. The van der Waals surface area contributed by atoms with Gasteiger partial charge in [-0.05, 0) is 60.1 Å². The largest absolute Gasteiger partial charge is 0.458 e. The van der Waals surface area contributed by atoms with Gasteiger partial charge in [-0.3, -0.25) is 10.1 Å². The predicted molar refractivity (Wildman–Crippen MR) is 101 cm³/mol. The van der Waals surface area contributed by atoms with Gasteiger partial charge in [-0.25, -0.2) is 9.59 Å². The minimum Gasteiger partial charge on any atom is -0.458 e. The molecule has 1 rings (SSSR count). The number of carbonyl (C=O) groups excluding carboxylic acids is 2. The lowest BCUT2D eigenvalue weighted by atomic mass is 10.0. The summed E-state index contributed by atoms with van der Waals surface area (Å²) in [5.41, 5.74) is -0.321.